The Balaban J connectivity index is 1.24. The van der Waals surface area contributed by atoms with Gasteiger partial charge in [-0.2, -0.15) is 5.10 Å². The normalized spacial score (nSPS) is 14.9. The van der Waals surface area contributed by atoms with Gasteiger partial charge in [0.15, 0.2) is 17.3 Å². The topological polar surface area (TPSA) is 146 Å². The maximum absolute atomic E-state index is 13.9. The van der Waals surface area contributed by atoms with Crippen molar-refractivity contribution < 1.29 is 33.1 Å². The Kier molecular flexibility index (Phi) is 7.66. The average molecular weight is 651 g/mol. The van der Waals surface area contributed by atoms with Crippen molar-refractivity contribution in [1.29, 1.82) is 0 Å². The number of anilines is 1. The second kappa shape index (κ2) is 12.0. The van der Waals surface area contributed by atoms with E-state index in [0.717, 1.165) is 34.5 Å². The second-order valence-corrected chi connectivity index (χ2v) is 11.8. The number of carboxylic acids is 1. The molecule has 0 radical (unpaired) electrons. The van der Waals surface area contributed by atoms with Crippen molar-refractivity contribution in [3.8, 4) is 0 Å². The number of halogens is 2. The van der Waals surface area contributed by atoms with Crippen molar-refractivity contribution in [2.45, 2.75) is 38.8 Å². The van der Waals surface area contributed by atoms with Gasteiger partial charge in [-0.15, -0.1) is 0 Å². The number of hydrogen-bond acceptors (Lipinski definition) is 6. The van der Waals surface area contributed by atoms with Gasteiger partial charge in [-0.1, -0.05) is 30.3 Å². The van der Waals surface area contributed by atoms with E-state index in [4.69, 9.17) is 0 Å². The molecule has 0 unspecified atom stereocenters. The highest BCUT2D eigenvalue weighted by Gasteiger charge is 2.32. The Morgan fingerprint density at radius 2 is 1.77 bits per heavy atom. The van der Waals surface area contributed by atoms with Gasteiger partial charge >= 0.3 is 5.97 Å². The summed E-state index contributed by atoms with van der Waals surface area (Å²) < 4.78 is 28.4. The lowest BCUT2D eigenvalue weighted by molar-refractivity contribution is 0.0695. The van der Waals surface area contributed by atoms with Gasteiger partial charge in [-0.25, -0.2) is 23.1 Å². The Hall–Kier alpha value is -5.98. The second-order valence-electron chi connectivity index (χ2n) is 11.8. The molecule has 1 aliphatic carbocycles. The van der Waals surface area contributed by atoms with Crippen LogP contribution in [-0.4, -0.2) is 49.9 Å². The number of carbonyl (C=O) groups excluding carboxylic acids is 3. The zero-order valence-electron chi connectivity index (χ0n) is 25.6. The number of nitrogens with one attached hydrogen (secondary N) is 2. The van der Waals surface area contributed by atoms with Crippen LogP contribution in [0.25, 0.3) is 5.65 Å². The van der Waals surface area contributed by atoms with E-state index >= 15 is 0 Å². The highest BCUT2D eigenvalue weighted by Crippen LogP contribution is 2.35. The molecule has 3 heterocycles. The summed E-state index contributed by atoms with van der Waals surface area (Å²) in [5.41, 5.74) is 4.37. The monoisotopic (exact) mass is 650 g/mol. The molecule has 0 saturated heterocycles. The summed E-state index contributed by atoms with van der Waals surface area (Å²) in [5, 5.41) is 19.5. The van der Waals surface area contributed by atoms with E-state index in [1.54, 1.807) is 17.9 Å². The molecule has 3 amide bonds. The number of benzene rings is 3. The molecule has 7 rings (SSSR count). The van der Waals surface area contributed by atoms with E-state index in [0.29, 0.717) is 36.9 Å². The molecule has 0 spiro atoms. The fourth-order valence-electron chi connectivity index (χ4n) is 6.50. The van der Waals surface area contributed by atoms with Crippen molar-refractivity contribution >= 4 is 35.0 Å². The number of carbonyl (C=O) groups is 4. The van der Waals surface area contributed by atoms with E-state index in [-0.39, 0.29) is 34.7 Å². The molecule has 0 fully saturated rings. The molecule has 11 nitrogen and oxygen atoms in total. The summed E-state index contributed by atoms with van der Waals surface area (Å²) in [6.07, 6.45) is 3.06. The van der Waals surface area contributed by atoms with Crippen LogP contribution in [0, 0.1) is 18.6 Å². The molecule has 48 heavy (non-hydrogen) atoms. The first kappa shape index (κ1) is 30.7. The van der Waals surface area contributed by atoms with Crippen LogP contribution >= 0.6 is 0 Å². The van der Waals surface area contributed by atoms with Gasteiger partial charge in [0, 0.05) is 24.8 Å². The molecule has 3 N–H and O–H groups in total. The quantitative estimate of drug-likeness (QED) is 0.234. The average Bonchev–Trinajstić information content (AvgIpc) is 3.82. The predicted octanol–water partition coefficient (Wildman–Crippen LogP) is 4.56. The number of fused-ring (bicyclic) bond motifs is 3. The van der Waals surface area contributed by atoms with Gasteiger partial charge in [-0.05, 0) is 78.3 Å². The lowest BCUT2D eigenvalue weighted by Gasteiger charge is -2.17. The molecule has 1 atom stereocenters. The third-order valence-corrected chi connectivity index (χ3v) is 8.97. The van der Waals surface area contributed by atoms with E-state index in [2.05, 4.69) is 20.7 Å². The Morgan fingerprint density at radius 1 is 0.958 bits per heavy atom. The zero-order chi connectivity index (χ0) is 33.7. The lowest BCUT2D eigenvalue weighted by atomic mass is 9.98. The summed E-state index contributed by atoms with van der Waals surface area (Å²) in [4.78, 5) is 58.9. The van der Waals surface area contributed by atoms with Gasteiger partial charge in [0.2, 0.25) is 0 Å². The van der Waals surface area contributed by atoms with Crippen LogP contribution in [-0.2, 0) is 19.4 Å². The van der Waals surface area contributed by atoms with Crippen LogP contribution in [0.4, 0.5) is 14.5 Å². The number of aromatic nitrogens is 3. The zero-order valence-corrected chi connectivity index (χ0v) is 25.6. The highest BCUT2D eigenvalue weighted by atomic mass is 19.2. The van der Waals surface area contributed by atoms with Crippen molar-refractivity contribution in [3.05, 3.63) is 129 Å². The van der Waals surface area contributed by atoms with Crippen LogP contribution in [0.5, 0.6) is 0 Å². The third-order valence-electron chi connectivity index (χ3n) is 8.97. The van der Waals surface area contributed by atoms with Gasteiger partial charge in [0.1, 0.15) is 17.0 Å². The predicted molar refractivity (Wildman–Crippen MR) is 169 cm³/mol. The van der Waals surface area contributed by atoms with Gasteiger partial charge in [0.25, 0.3) is 17.7 Å². The number of rotatable bonds is 7. The fourth-order valence-corrected chi connectivity index (χ4v) is 6.50. The standard InChI is InChI=1S/C35H28F2N6O5/c1-18-21-9-11-27(23(21)8-7-22(18)35(47)48)41-33(45)30-15-28(32(44)38-16-19-6-10-25(36)26(37)14-19)40-31-24(17-39-43(30)31)34(46)42-13-12-20-4-2-3-5-29(20)42/h2-8,10,14-15,17,27H,9,11-13,16H2,1H3,(H,38,44)(H,41,45)(H,47,48)/t27-/m0/s1. The Morgan fingerprint density at radius 3 is 2.56 bits per heavy atom. The van der Waals surface area contributed by atoms with Crippen molar-refractivity contribution in [2.75, 3.05) is 11.4 Å². The van der Waals surface area contributed by atoms with E-state index in [1.807, 2.05) is 24.3 Å². The molecule has 2 aliphatic rings. The van der Waals surface area contributed by atoms with E-state index < -0.39 is 41.4 Å². The molecule has 2 aromatic heterocycles. The summed E-state index contributed by atoms with van der Waals surface area (Å²) in [6.45, 7) is 2.02. The Bertz CT molecular complexity index is 2180. The summed E-state index contributed by atoms with van der Waals surface area (Å²) in [6, 6.07) is 14.8. The van der Waals surface area contributed by atoms with Crippen LogP contribution in [0.3, 0.4) is 0 Å². The maximum Gasteiger partial charge on any atom is 0.335 e. The number of amides is 3. The smallest absolute Gasteiger partial charge is 0.335 e. The molecular weight excluding hydrogens is 622 g/mol. The number of nitrogens with zero attached hydrogens (tertiary/aromatic N) is 4. The molecule has 3 aromatic carbocycles. The lowest BCUT2D eigenvalue weighted by Crippen LogP contribution is -2.31. The molecule has 0 saturated carbocycles. The van der Waals surface area contributed by atoms with Crippen molar-refractivity contribution in [1.82, 2.24) is 25.2 Å². The Labute approximate surface area is 272 Å². The minimum absolute atomic E-state index is 0.0104. The third kappa shape index (κ3) is 5.32. The highest BCUT2D eigenvalue weighted by molar-refractivity contribution is 6.11. The van der Waals surface area contributed by atoms with E-state index in [1.165, 1.54) is 28.9 Å². The molecular formula is C35H28F2N6O5. The molecule has 242 valence electrons. The number of aromatic carboxylic acids is 1. The van der Waals surface area contributed by atoms with Crippen LogP contribution in [0.2, 0.25) is 0 Å². The fraction of sp³-hybridized carbons (Fsp3) is 0.200. The summed E-state index contributed by atoms with van der Waals surface area (Å²) in [7, 11) is 0. The molecule has 5 aromatic rings. The van der Waals surface area contributed by atoms with Gasteiger partial charge in [-0.3, -0.25) is 14.4 Å². The largest absolute Gasteiger partial charge is 0.478 e. The molecule has 13 heteroatoms. The maximum atomic E-state index is 13.9. The summed E-state index contributed by atoms with van der Waals surface area (Å²) >= 11 is 0. The number of para-hydroxylation sites is 1. The minimum Gasteiger partial charge on any atom is -0.478 e. The van der Waals surface area contributed by atoms with Crippen LogP contribution in [0.1, 0.15) is 82.0 Å². The van der Waals surface area contributed by atoms with Gasteiger partial charge < -0.3 is 20.6 Å². The first-order valence-corrected chi connectivity index (χ1v) is 15.3. The number of carboxylic acid groups (broad SMARTS) is 1. The van der Waals surface area contributed by atoms with Gasteiger partial charge in [0.05, 0.1) is 17.8 Å². The SMILES string of the molecule is Cc1c(C(=O)O)ccc2c1CC[C@@H]2NC(=O)c1cc(C(=O)NCc2ccc(F)c(F)c2)nc2c(C(=O)N3CCc4ccccc43)cnn12. The van der Waals surface area contributed by atoms with Crippen LogP contribution in [0.15, 0.2) is 66.9 Å². The number of hydrogen-bond donors (Lipinski definition) is 3. The van der Waals surface area contributed by atoms with Crippen LogP contribution < -0.4 is 15.5 Å². The molecule has 0 bridgehead atoms. The molecule has 1 aliphatic heterocycles. The first-order valence-electron chi connectivity index (χ1n) is 15.3. The van der Waals surface area contributed by atoms with E-state index in [9.17, 15) is 33.1 Å². The summed E-state index contributed by atoms with van der Waals surface area (Å²) in [5.74, 6) is -4.82. The van der Waals surface area contributed by atoms with Crippen molar-refractivity contribution in [2.24, 2.45) is 0 Å². The minimum atomic E-state index is -1.06. The van der Waals surface area contributed by atoms with Crippen molar-refractivity contribution in [3.63, 3.8) is 0 Å². The first-order chi connectivity index (χ1) is 23.1.